The molecular weight excluding hydrogens is 304 g/mol. The van der Waals surface area contributed by atoms with Crippen molar-refractivity contribution in [2.75, 3.05) is 6.61 Å². The molecule has 0 aromatic carbocycles. The van der Waals surface area contributed by atoms with Crippen molar-refractivity contribution in [3.05, 3.63) is 0 Å². The molecular formula is C10H22O4PY+. The molecule has 2 N–H and O–H groups in total. The molecule has 16 heavy (non-hydrogen) atoms. The molecule has 1 radical (unpaired) electrons. The van der Waals surface area contributed by atoms with Gasteiger partial charge in [-0.1, -0.05) is 13.8 Å². The summed E-state index contributed by atoms with van der Waals surface area (Å²) in [6.45, 7) is 6.31. The molecule has 1 saturated heterocycles. The van der Waals surface area contributed by atoms with Crippen LogP contribution in [0.1, 0.15) is 33.6 Å². The number of hydrogen-bond acceptors (Lipinski definition) is 4. The average Bonchev–Trinajstić information content (AvgIpc) is 2.67. The van der Waals surface area contributed by atoms with Crippen LogP contribution in [0, 0.1) is 12.8 Å². The van der Waals surface area contributed by atoms with Crippen molar-refractivity contribution in [1.82, 2.24) is 0 Å². The maximum Gasteiger partial charge on any atom is 0.392 e. The summed E-state index contributed by atoms with van der Waals surface area (Å²) in [7, 11) is -2.52. The SMILES string of the molecule is C#C.CC.C[C@H]1CC[C@@H](CO[PH+](O)O)O1.[Y]. The van der Waals surface area contributed by atoms with Crippen LogP contribution >= 0.6 is 8.60 Å². The first-order chi connectivity index (χ1) is 7.18. The molecule has 0 spiro atoms. The van der Waals surface area contributed by atoms with Crippen LogP contribution in [0.5, 0.6) is 0 Å². The first-order valence-corrected chi connectivity index (χ1v) is 6.35. The molecule has 6 heteroatoms. The van der Waals surface area contributed by atoms with Gasteiger partial charge in [0.2, 0.25) is 0 Å². The van der Waals surface area contributed by atoms with Gasteiger partial charge < -0.3 is 4.74 Å². The zero-order chi connectivity index (χ0) is 12.3. The third-order valence-electron chi connectivity index (χ3n) is 1.72. The Morgan fingerprint density at radius 1 is 1.31 bits per heavy atom. The quantitative estimate of drug-likeness (QED) is 0.613. The molecule has 1 heterocycles. The first kappa shape index (κ1) is 22.1. The van der Waals surface area contributed by atoms with Crippen LogP contribution in [0.4, 0.5) is 0 Å². The zero-order valence-corrected chi connectivity index (χ0v) is 14.1. The van der Waals surface area contributed by atoms with Crippen LogP contribution in [-0.2, 0) is 42.0 Å². The van der Waals surface area contributed by atoms with Crippen LogP contribution in [0.15, 0.2) is 0 Å². The van der Waals surface area contributed by atoms with Gasteiger partial charge in [0.05, 0.1) is 12.2 Å². The van der Waals surface area contributed by atoms with Crippen molar-refractivity contribution < 1.29 is 51.8 Å². The minimum absolute atomic E-state index is 0. The minimum atomic E-state index is -2.52. The molecule has 0 saturated carbocycles. The molecule has 4 nitrogen and oxygen atoms in total. The molecule has 0 aromatic rings. The average molecular weight is 326 g/mol. The van der Waals surface area contributed by atoms with E-state index < -0.39 is 8.60 Å². The van der Waals surface area contributed by atoms with Gasteiger partial charge in [0.1, 0.15) is 6.61 Å². The predicted octanol–water partition coefficient (Wildman–Crippen LogP) is 1.79. The molecule has 0 aliphatic carbocycles. The fourth-order valence-corrected chi connectivity index (χ4v) is 1.51. The summed E-state index contributed by atoms with van der Waals surface area (Å²) in [5.41, 5.74) is 0. The van der Waals surface area contributed by atoms with E-state index >= 15 is 0 Å². The second-order valence-electron chi connectivity index (χ2n) is 2.74. The molecule has 93 valence electrons. The maximum atomic E-state index is 8.46. The molecule has 1 aliphatic heterocycles. The Morgan fingerprint density at radius 3 is 2.12 bits per heavy atom. The van der Waals surface area contributed by atoms with Crippen molar-refractivity contribution in [2.45, 2.75) is 45.8 Å². The Hall–Kier alpha value is 0.934. The monoisotopic (exact) mass is 326 g/mol. The number of hydrogen-bond donors (Lipinski definition) is 2. The molecule has 1 aliphatic rings. The third-order valence-corrected chi connectivity index (χ3v) is 2.14. The van der Waals surface area contributed by atoms with Gasteiger partial charge in [0, 0.05) is 32.7 Å². The molecule has 0 unspecified atom stereocenters. The Morgan fingerprint density at radius 2 is 1.81 bits per heavy atom. The van der Waals surface area contributed by atoms with E-state index in [4.69, 9.17) is 14.5 Å². The largest absolute Gasteiger partial charge is 0.392 e. The summed E-state index contributed by atoms with van der Waals surface area (Å²) in [4.78, 5) is 16.9. The van der Waals surface area contributed by atoms with Gasteiger partial charge in [0.15, 0.2) is 0 Å². The van der Waals surface area contributed by atoms with Crippen LogP contribution < -0.4 is 0 Å². The second kappa shape index (κ2) is 15.9. The van der Waals surface area contributed by atoms with Gasteiger partial charge in [-0.2, -0.15) is 14.3 Å². The summed E-state index contributed by atoms with van der Waals surface area (Å²) in [6, 6.07) is 0. The van der Waals surface area contributed by atoms with Gasteiger partial charge in [-0.05, 0) is 19.8 Å². The third kappa shape index (κ3) is 13.0. The van der Waals surface area contributed by atoms with Gasteiger partial charge in [-0.15, -0.1) is 12.8 Å². The number of rotatable bonds is 3. The van der Waals surface area contributed by atoms with Crippen molar-refractivity contribution in [3.8, 4) is 12.8 Å². The van der Waals surface area contributed by atoms with Crippen LogP contribution in [-0.4, -0.2) is 28.6 Å². The molecule has 2 atom stereocenters. The van der Waals surface area contributed by atoms with E-state index in [1.165, 1.54) is 0 Å². The fourth-order valence-electron chi connectivity index (χ4n) is 1.18. The smallest absolute Gasteiger partial charge is 0.373 e. The Kier molecular flexibility index (Phi) is 22.1. The summed E-state index contributed by atoms with van der Waals surface area (Å²) in [6.07, 6.45) is 10.3. The van der Waals surface area contributed by atoms with Crippen molar-refractivity contribution in [3.63, 3.8) is 0 Å². The molecule has 1 rings (SSSR count). The standard InChI is InChI=1S/C6H14O4P.C2H6.C2H2.Y/c1-5-2-3-6(10-5)4-9-11(7)8;2*1-2;/h5-8,11H,2-4H2,1H3;1-2H3;1-2H;/q+1;;;/t5-,6-;;;/m0.../s1. The van der Waals surface area contributed by atoms with E-state index in [1.54, 1.807) is 0 Å². The molecule has 0 bridgehead atoms. The van der Waals surface area contributed by atoms with Crippen molar-refractivity contribution in [1.29, 1.82) is 0 Å². The van der Waals surface area contributed by atoms with Crippen molar-refractivity contribution in [2.24, 2.45) is 0 Å². The number of ether oxygens (including phenoxy) is 1. The Balaban J connectivity index is -0.000000305. The summed E-state index contributed by atoms with van der Waals surface area (Å²) < 4.78 is 10.0. The summed E-state index contributed by atoms with van der Waals surface area (Å²) in [5.74, 6) is 0. The van der Waals surface area contributed by atoms with E-state index in [0.29, 0.717) is 6.61 Å². The van der Waals surface area contributed by atoms with E-state index in [-0.39, 0.29) is 44.9 Å². The maximum absolute atomic E-state index is 8.46. The van der Waals surface area contributed by atoms with Gasteiger partial charge in [-0.25, -0.2) is 0 Å². The Labute approximate surface area is 125 Å². The fraction of sp³-hybridized carbons (Fsp3) is 0.800. The van der Waals surface area contributed by atoms with E-state index in [1.807, 2.05) is 20.8 Å². The van der Waals surface area contributed by atoms with E-state index in [9.17, 15) is 0 Å². The van der Waals surface area contributed by atoms with Gasteiger partial charge in [0.25, 0.3) is 0 Å². The van der Waals surface area contributed by atoms with E-state index in [2.05, 4.69) is 17.4 Å². The van der Waals surface area contributed by atoms with Crippen molar-refractivity contribution >= 4 is 8.60 Å². The zero-order valence-electron chi connectivity index (χ0n) is 10.2. The predicted molar refractivity (Wildman–Crippen MR) is 63.5 cm³/mol. The Bertz CT molecular complexity index is 155. The number of terminal acetylenes is 1. The van der Waals surface area contributed by atoms with Gasteiger partial charge >= 0.3 is 8.60 Å². The molecule has 1 fully saturated rings. The topological polar surface area (TPSA) is 58.9 Å². The molecule has 0 amide bonds. The summed E-state index contributed by atoms with van der Waals surface area (Å²) in [5, 5.41) is 0. The second-order valence-corrected chi connectivity index (χ2v) is 3.59. The van der Waals surface area contributed by atoms with Crippen LogP contribution in [0.2, 0.25) is 0 Å². The van der Waals surface area contributed by atoms with Crippen LogP contribution in [0.25, 0.3) is 0 Å². The normalized spacial score (nSPS) is 22.2. The minimum Gasteiger partial charge on any atom is -0.373 e. The molecule has 0 aromatic heterocycles. The van der Waals surface area contributed by atoms with Crippen LogP contribution in [0.3, 0.4) is 0 Å². The summed E-state index contributed by atoms with van der Waals surface area (Å²) >= 11 is 0. The van der Waals surface area contributed by atoms with E-state index in [0.717, 1.165) is 12.8 Å². The van der Waals surface area contributed by atoms with Gasteiger partial charge in [-0.3, -0.25) is 0 Å². The first-order valence-electron chi connectivity index (χ1n) is 5.05.